The number of nitrogens with two attached hydrogens (primary N) is 1. The fraction of sp³-hybridized carbons (Fsp3) is 0.316. The van der Waals surface area contributed by atoms with Crippen LogP contribution in [-0.4, -0.2) is 19.6 Å². The molecule has 24 heavy (non-hydrogen) atoms. The van der Waals surface area contributed by atoms with Gasteiger partial charge in [-0.1, -0.05) is 19.1 Å². The van der Waals surface area contributed by atoms with Crippen molar-refractivity contribution in [3.63, 3.8) is 0 Å². The highest BCUT2D eigenvalue weighted by Crippen LogP contribution is 2.23. The van der Waals surface area contributed by atoms with Crippen molar-refractivity contribution in [1.82, 2.24) is 0 Å². The van der Waals surface area contributed by atoms with Crippen LogP contribution in [0.3, 0.4) is 0 Å². The maximum Gasteiger partial charge on any atom is 0.224 e. The van der Waals surface area contributed by atoms with Crippen LogP contribution in [0.25, 0.3) is 0 Å². The number of ether oxygens (including phenoxy) is 2. The molecule has 0 aliphatic carbocycles. The van der Waals surface area contributed by atoms with E-state index in [1.54, 1.807) is 13.2 Å². The molecule has 128 valence electrons. The minimum absolute atomic E-state index is 0.0480. The van der Waals surface area contributed by atoms with Gasteiger partial charge in [0.1, 0.15) is 11.5 Å². The topological polar surface area (TPSA) is 73.6 Å². The molecule has 0 aromatic heterocycles. The lowest BCUT2D eigenvalue weighted by atomic mass is 10.1. The zero-order chi connectivity index (χ0) is 17.4. The fourth-order valence-electron chi connectivity index (χ4n) is 2.28. The lowest BCUT2D eigenvalue weighted by molar-refractivity contribution is -0.116. The smallest absolute Gasteiger partial charge is 0.224 e. The van der Waals surface area contributed by atoms with Crippen molar-refractivity contribution in [3.05, 3.63) is 48.0 Å². The molecule has 5 nitrogen and oxygen atoms in total. The van der Waals surface area contributed by atoms with Crippen LogP contribution in [0.5, 0.6) is 11.5 Å². The van der Waals surface area contributed by atoms with E-state index in [-0.39, 0.29) is 5.91 Å². The number of carbonyl (C=O) groups is 1. The van der Waals surface area contributed by atoms with Gasteiger partial charge in [0.25, 0.3) is 0 Å². The van der Waals surface area contributed by atoms with Gasteiger partial charge in [-0.05, 0) is 42.7 Å². The van der Waals surface area contributed by atoms with Crippen LogP contribution in [0, 0.1) is 0 Å². The van der Waals surface area contributed by atoms with Gasteiger partial charge in [-0.2, -0.15) is 0 Å². The molecule has 2 rings (SSSR count). The zero-order valence-corrected chi connectivity index (χ0v) is 14.2. The monoisotopic (exact) mass is 328 g/mol. The van der Waals surface area contributed by atoms with Crippen molar-refractivity contribution >= 4 is 17.3 Å². The Morgan fingerprint density at radius 3 is 2.75 bits per heavy atom. The van der Waals surface area contributed by atoms with Crippen molar-refractivity contribution in [3.8, 4) is 11.5 Å². The molecular formula is C19H24N2O3. The Morgan fingerprint density at radius 1 is 1.21 bits per heavy atom. The summed E-state index contributed by atoms with van der Waals surface area (Å²) in [6.07, 6.45) is 1.94. The molecule has 0 saturated heterocycles. The number of hydrogen-bond acceptors (Lipinski definition) is 4. The highest BCUT2D eigenvalue weighted by atomic mass is 16.5. The molecule has 2 aromatic carbocycles. The molecule has 0 unspecified atom stereocenters. The van der Waals surface area contributed by atoms with E-state index in [0.29, 0.717) is 36.6 Å². The molecule has 0 atom stereocenters. The summed E-state index contributed by atoms with van der Waals surface area (Å²) in [5.74, 6) is 1.36. The Hall–Kier alpha value is -2.69. The normalized spacial score (nSPS) is 10.2. The molecular weight excluding hydrogens is 304 g/mol. The molecule has 0 spiro atoms. The van der Waals surface area contributed by atoms with E-state index in [1.807, 2.05) is 43.3 Å². The summed E-state index contributed by atoms with van der Waals surface area (Å²) in [4.78, 5) is 12.1. The van der Waals surface area contributed by atoms with Crippen LogP contribution in [0.4, 0.5) is 11.4 Å². The second-order valence-electron chi connectivity index (χ2n) is 5.50. The van der Waals surface area contributed by atoms with Crippen LogP contribution < -0.4 is 20.5 Å². The maximum absolute atomic E-state index is 12.1. The third kappa shape index (κ3) is 5.19. The number of rotatable bonds is 8. The number of carbonyl (C=O) groups excluding carboxylic acids is 1. The maximum atomic E-state index is 12.1. The summed E-state index contributed by atoms with van der Waals surface area (Å²) >= 11 is 0. The van der Waals surface area contributed by atoms with Gasteiger partial charge in [0, 0.05) is 18.2 Å². The highest BCUT2D eigenvalue weighted by molar-refractivity contribution is 5.91. The van der Waals surface area contributed by atoms with Gasteiger partial charge in [-0.3, -0.25) is 4.79 Å². The zero-order valence-electron chi connectivity index (χ0n) is 14.2. The van der Waals surface area contributed by atoms with Crippen LogP contribution in [0.1, 0.15) is 25.3 Å². The first-order chi connectivity index (χ1) is 11.6. The number of aryl methyl sites for hydroxylation is 1. The minimum Gasteiger partial charge on any atom is -0.497 e. The summed E-state index contributed by atoms with van der Waals surface area (Å²) in [5.41, 5.74) is 8.33. The third-order valence-corrected chi connectivity index (χ3v) is 3.53. The molecule has 0 fully saturated rings. The predicted octanol–water partition coefficient (Wildman–Crippen LogP) is 3.64. The molecule has 0 radical (unpaired) electrons. The highest BCUT2D eigenvalue weighted by Gasteiger charge is 2.06. The fourth-order valence-corrected chi connectivity index (χ4v) is 2.28. The molecule has 0 saturated carbocycles. The van der Waals surface area contributed by atoms with Gasteiger partial charge >= 0.3 is 0 Å². The Bertz CT molecular complexity index is 686. The minimum atomic E-state index is -0.0480. The third-order valence-electron chi connectivity index (χ3n) is 3.53. The van der Waals surface area contributed by atoms with E-state index in [4.69, 9.17) is 15.2 Å². The van der Waals surface area contributed by atoms with Crippen molar-refractivity contribution in [2.24, 2.45) is 0 Å². The van der Waals surface area contributed by atoms with Crippen molar-refractivity contribution < 1.29 is 14.3 Å². The molecule has 1 amide bonds. The van der Waals surface area contributed by atoms with E-state index in [1.165, 1.54) is 0 Å². The number of nitrogens with one attached hydrogen (secondary N) is 1. The van der Waals surface area contributed by atoms with Crippen molar-refractivity contribution in [2.45, 2.75) is 26.2 Å². The summed E-state index contributed by atoms with van der Waals surface area (Å²) in [6, 6.07) is 13.0. The SMILES string of the molecule is CCCOc1ccc(CCC(=O)Nc2cccc(OC)c2)cc1N. The largest absolute Gasteiger partial charge is 0.497 e. The quantitative estimate of drug-likeness (QED) is 0.726. The molecule has 3 N–H and O–H groups in total. The van der Waals surface area contributed by atoms with Crippen LogP contribution in [0.2, 0.25) is 0 Å². The van der Waals surface area contributed by atoms with E-state index < -0.39 is 0 Å². The van der Waals surface area contributed by atoms with E-state index >= 15 is 0 Å². The van der Waals surface area contributed by atoms with Gasteiger partial charge in [0.15, 0.2) is 0 Å². The van der Waals surface area contributed by atoms with Crippen LogP contribution in [0.15, 0.2) is 42.5 Å². The number of benzene rings is 2. The van der Waals surface area contributed by atoms with Crippen LogP contribution >= 0.6 is 0 Å². The van der Waals surface area contributed by atoms with E-state index in [0.717, 1.165) is 17.7 Å². The van der Waals surface area contributed by atoms with Gasteiger partial charge in [-0.15, -0.1) is 0 Å². The van der Waals surface area contributed by atoms with Gasteiger partial charge in [0.05, 0.1) is 19.4 Å². The standard InChI is InChI=1S/C19H24N2O3/c1-3-11-24-18-9-7-14(12-17(18)20)8-10-19(22)21-15-5-4-6-16(13-15)23-2/h4-7,9,12-13H,3,8,10-11,20H2,1-2H3,(H,21,22). The summed E-state index contributed by atoms with van der Waals surface area (Å²) in [6.45, 7) is 2.69. The molecule has 0 bridgehead atoms. The van der Waals surface area contributed by atoms with Crippen LogP contribution in [-0.2, 0) is 11.2 Å². The first-order valence-electron chi connectivity index (χ1n) is 8.07. The average molecular weight is 328 g/mol. The number of hydrogen-bond donors (Lipinski definition) is 2. The Morgan fingerprint density at radius 2 is 2.04 bits per heavy atom. The summed E-state index contributed by atoms with van der Waals surface area (Å²) in [7, 11) is 1.60. The Labute approximate surface area is 142 Å². The second kappa shape index (κ2) is 8.82. The summed E-state index contributed by atoms with van der Waals surface area (Å²) < 4.78 is 10.7. The number of nitrogen functional groups attached to an aromatic ring is 1. The molecule has 0 aliphatic heterocycles. The summed E-state index contributed by atoms with van der Waals surface area (Å²) in [5, 5.41) is 2.87. The lowest BCUT2D eigenvalue weighted by Crippen LogP contribution is -2.12. The number of anilines is 2. The van der Waals surface area contributed by atoms with Crippen molar-refractivity contribution in [2.75, 3.05) is 24.8 Å². The lowest BCUT2D eigenvalue weighted by Gasteiger charge is -2.10. The average Bonchev–Trinajstić information content (AvgIpc) is 2.59. The first-order valence-corrected chi connectivity index (χ1v) is 8.07. The van der Waals surface area contributed by atoms with E-state index in [9.17, 15) is 4.79 Å². The van der Waals surface area contributed by atoms with Gasteiger partial charge in [-0.25, -0.2) is 0 Å². The first kappa shape index (κ1) is 17.7. The Kier molecular flexibility index (Phi) is 6.49. The number of methoxy groups -OCH3 is 1. The molecule has 0 aliphatic rings. The molecule has 0 heterocycles. The Balaban J connectivity index is 1.88. The van der Waals surface area contributed by atoms with E-state index in [2.05, 4.69) is 5.32 Å². The molecule has 2 aromatic rings. The molecule has 5 heteroatoms. The van der Waals surface area contributed by atoms with Gasteiger partial charge in [0.2, 0.25) is 5.91 Å². The van der Waals surface area contributed by atoms with Crippen molar-refractivity contribution in [1.29, 1.82) is 0 Å². The number of amides is 1. The predicted molar refractivity (Wildman–Crippen MR) is 96.6 cm³/mol. The second-order valence-corrected chi connectivity index (χ2v) is 5.50. The van der Waals surface area contributed by atoms with Gasteiger partial charge < -0.3 is 20.5 Å².